The number of nitrogens with one attached hydrogen (secondary N) is 1. The maximum Gasteiger partial charge on any atom is 0.490 e. The molecule has 2 heterocycles. The monoisotopic (exact) mass is 564 g/mol. The van der Waals surface area contributed by atoms with Crippen LogP contribution in [0.25, 0.3) is 0 Å². The van der Waals surface area contributed by atoms with Gasteiger partial charge in [-0.25, -0.2) is 13.2 Å². The topological polar surface area (TPSA) is 127 Å². The van der Waals surface area contributed by atoms with Crippen molar-refractivity contribution < 1.29 is 41.1 Å². The molecule has 2 amide bonds. The van der Waals surface area contributed by atoms with Crippen LogP contribution >= 0.6 is 0 Å². The molecule has 14 heteroatoms. The van der Waals surface area contributed by atoms with E-state index < -0.39 is 22.2 Å². The summed E-state index contributed by atoms with van der Waals surface area (Å²) in [5.74, 6) is -2.81. The first-order valence-corrected chi connectivity index (χ1v) is 13.7. The predicted octanol–water partition coefficient (Wildman–Crippen LogP) is 1.68. The molecule has 0 aromatic heterocycles. The molecule has 0 aliphatic carbocycles. The standard InChI is InChI=1S/C22H34N4O4S.C2HF3O2/c1-17-14-19(3)20(15-18(17)2)31(29,30)26(11-5-10-24-9-4-6-21(24)27)16-22(28)25-12-7-23-8-13-25;3-2(4,5)1(6)7/h14-15,23H,4-13,16H2,1-3H3;(H,6,7). The van der Waals surface area contributed by atoms with Gasteiger partial charge < -0.3 is 20.2 Å². The van der Waals surface area contributed by atoms with Crippen molar-refractivity contribution in [3.05, 3.63) is 28.8 Å². The number of carboxylic acid groups (broad SMARTS) is 1. The first-order chi connectivity index (χ1) is 17.6. The Bertz CT molecular complexity index is 1120. The number of nitrogens with zero attached hydrogens (tertiary/aromatic N) is 3. The lowest BCUT2D eigenvalue weighted by Gasteiger charge is -2.30. The van der Waals surface area contributed by atoms with Crippen molar-refractivity contribution in [1.29, 1.82) is 0 Å². The van der Waals surface area contributed by atoms with Gasteiger partial charge in [-0.15, -0.1) is 0 Å². The quantitative estimate of drug-likeness (QED) is 0.492. The molecule has 38 heavy (non-hydrogen) atoms. The molecule has 2 N–H and O–H groups in total. The molecule has 0 radical (unpaired) electrons. The van der Waals surface area contributed by atoms with Gasteiger partial charge in [0.15, 0.2) is 0 Å². The van der Waals surface area contributed by atoms with Gasteiger partial charge in [-0.1, -0.05) is 6.07 Å². The SMILES string of the molecule is Cc1cc(C)c(S(=O)(=O)N(CCCN2CCCC2=O)CC(=O)N2CCNCC2)cc1C.O=C(O)C(F)(F)F. The van der Waals surface area contributed by atoms with Crippen LogP contribution in [0.2, 0.25) is 0 Å². The largest absolute Gasteiger partial charge is 0.490 e. The molecule has 0 bridgehead atoms. The van der Waals surface area contributed by atoms with Crippen molar-refractivity contribution in [2.75, 3.05) is 52.4 Å². The Balaban J connectivity index is 0.000000638. The van der Waals surface area contributed by atoms with Gasteiger partial charge in [-0.05, 0) is 56.4 Å². The molecule has 2 aliphatic heterocycles. The van der Waals surface area contributed by atoms with Crippen LogP contribution in [0, 0.1) is 20.8 Å². The van der Waals surface area contributed by atoms with Crippen LogP contribution in [-0.4, -0.2) is 104 Å². The first kappa shape index (κ1) is 31.5. The van der Waals surface area contributed by atoms with Crippen LogP contribution in [-0.2, 0) is 24.4 Å². The fraction of sp³-hybridized carbons (Fsp3) is 0.625. The number of carboxylic acids is 1. The Hall–Kier alpha value is -2.71. The minimum Gasteiger partial charge on any atom is -0.475 e. The number of hydrogen-bond acceptors (Lipinski definition) is 6. The molecule has 2 saturated heterocycles. The second-order valence-electron chi connectivity index (χ2n) is 9.31. The first-order valence-electron chi connectivity index (χ1n) is 12.3. The van der Waals surface area contributed by atoms with E-state index >= 15 is 0 Å². The molecule has 1 aromatic rings. The number of likely N-dealkylation sites (tertiary alicyclic amines) is 1. The summed E-state index contributed by atoms with van der Waals surface area (Å²) in [4.78, 5) is 37.4. The van der Waals surface area contributed by atoms with Gasteiger partial charge >= 0.3 is 12.1 Å². The second kappa shape index (κ2) is 13.4. The number of sulfonamides is 1. The lowest BCUT2D eigenvalue weighted by atomic mass is 10.1. The van der Waals surface area contributed by atoms with Gasteiger partial charge in [0.2, 0.25) is 21.8 Å². The summed E-state index contributed by atoms with van der Waals surface area (Å²) < 4.78 is 60.2. The van der Waals surface area contributed by atoms with Crippen molar-refractivity contribution in [3.8, 4) is 0 Å². The summed E-state index contributed by atoms with van der Waals surface area (Å²) in [6.45, 7) is 9.49. The Labute approximate surface area is 220 Å². The minimum absolute atomic E-state index is 0.122. The molecule has 214 valence electrons. The maximum absolute atomic E-state index is 13.6. The van der Waals surface area contributed by atoms with Gasteiger partial charge in [0.05, 0.1) is 11.4 Å². The zero-order valence-electron chi connectivity index (χ0n) is 21.8. The van der Waals surface area contributed by atoms with E-state index in [-0.39, 0.29) is 29.8 Å². The minimum atomic E-state index is -5.08. The number of carbonyl (C=O) groups excluding carboxylic acids is 2. The Morgan fingerprint density at radius 1 is 1.05 bits per heavy atom. The molecule has 1 aromatic carbocycles. The van der Waals surface area contributed by atoms with Gasteiger partial charge in [0.1, 0.15) is 0 Å². The number of amides is 2. The number of piperazine rings is 1. The van der Waals surface area contributed by atoms with E-state index in [0.29, 0.717) is 51.1 Å². The van der Waals surface area contributed by atoms with E-state index in [1.165, 1.54) is 4.31 Å². The normalized spacial score (nSPS) is 16.4. The third-order valence-corrected chi connectivity index (χ3v) is 8.43. The zero-order valence-corrected chi connectivity index (χ0v) is 22.6. The second-order valence-corrected chi connectivity index (χ2v) is 11.2. The van der Waals surface area contributed by atoms with Crippen molar-refractivity contribution in [2.45, 2.75) is 51.1 Å². The molecule has 0 spiro atoms. The average molecular weight is 565 g/mol. The van der Waals surface area contributed by atoms with Crippen molar-refractivity contribution in [1.82, 2.24) is 19.4 Å². The highest BCUT2D eigenvalue weighted by Crippen LogP contribution is 2.24. The van der Waals surface area contributed by atoms with Gasteiger partial charge in [-0.3, -0.25) is 9.59 Å². The lowest BCUT2D eigenvalue weighted by molar-refractivity contribution is -0.192. The lowest BCUT2D eigenvalue weighted by Crippen LogP contribution is -2.50. The summed E-state index contributed by atoms with van der Waals surface area (Å²) >= 11 is 0. The molecule has 2 aliphatic rings. The number of aliphatic carboxylic acids is 1. The fourth-order valence-electron chi connectivity index (χ4n) is 4.18. The Kier molecular flexibility index (Phi) is 11.1. The van der Waals surface area contributed by atoms with E-state index in [4.69, 9.17) is 9.90 Å². The van der Waals surface area contributed by atoms with E-state index in [1.807, 2.05) is 19.9 Å². The van der Waals surface area contributed by atoms with Crippen LogP contribution in [0.1, 0.15) is 36.0 Å². The highest BCUT2D eigenvalue weighted by molar-refractivity contribution is 7.89. The molecular weight excluding hydrogens is 529 g/mol. The number of alkyl halides is 3. The molecule has 3 rings (SSSR count). The van der Waals surface area contributed by atoms with Gasteiger partial charge in [0, 0.05) is 52.2 Å². The summed E-state index contributed by atoms with van der Waals surface area (Å²) in [6.07, 6.45) is -3.17. The average Bonchev–Trinajstić information content (AvgIpc) is 3.25. The van der Waals surface area contributed by atoms with Crippen molar-refractivity contribution in [2.24, 2.45) is 0 Å². The van der Waals surface area contributed by atoms with Crippen LogP contribution in [0.3, 0.4) is 0 Å². The zero-order chi connectivity index (χ0) is 28.7. The van der Waals surface area contributed by atoms with E-state index in [0.717, 1.165) is 24.1 Å². The summed E-state index contributed by atoms with van der Waals surface area (Å²) in [5.41, 5.74) is 2.62. The highest BCUT2D eigenvalue weighted by Gasteiger charge is 2.38. The third kappa shape index (κ3) is 8.67. The summed E-state index contributed by atoms with van der Waals surface area (Å²) in [6, 6.07) is 3.58. The number of aryl methyl sites for hydroxylation is 3. The van der Waals surface area contributed by atoms with Crippen LogP contribution in [0.5, 0.6) is 0 Å². The van der Waals surface area contributed by atoms with Crippen molar-refractivity contribution >= 4 is 27.8 Å². The molecule has 0 atom stereocenters. The smallest absolute Gasteiger partial charge is 0.475 e. The third-order valence-electron chi connectivity index (χ3n) is 6.44. The molecule has 0 unspecified atom stereocenters. The van der Waals surface area contributed by atoms with Crippen LogP contribution in [0.15, 0.2) is 17.0 Å². The summed E-state index contributed by atoms with van der Waals surface area (Å²) in [5, 5.41) is 10.3. The number of carbonyl (C=O) groups is 3. The number of rotatable bonds is 8. The van der Waals surface area contributed by atoms with E-state index in [9.17, 15) is 31.2 Å². The van der Waals surface area contributed by atoms with E-state index in [1.54, 1.807) is 22.8 Å². The van der Waals surface area contributed by atoms with Crippen LogP contribution < -0.4 is 5.32 Å². The van der Waals surface area contributed by atoms with Crippen LogP contribution in [0.4, 0.5) is 13.2 Å². The molecule has 0 saturated carbocycles. The number of hydrogen-bond donors (Lipinski definition) is 2. The molecular formula is C24H35F3N4O6S. The van der Waals surface area contributed by atoms with Crippen molar-refractivity contribution in [3.63, 3.8) is 0 Å². The summed E-state index contributed by atoms with van der Waals surface area (Å²) in [7, 11) is -3.85. The number of benzene rings is 1. The maximum atomic E-state index is 13.6. The Morgan fingerprint density at radius 2 is 1.63 bits per heavy atom. The highest BCUT2D eigenvalue weighted by atomic mass is 32.2. The Morgan fingerprint density at radius 3 is 2.16 bits per heavy atom. The van der Waals surface area contributed by atoms with Gasteiger partial charge in [-0.2, -0.15) is 17.5 Å². The predicted molar refractivity (Wildman–Crippen MR) is 133 cm³/mol. The number of halogens is 3. The fourth-order valence-corrected chi connectivity index (χ4v) is 5.90. The van der Waals surface area contributed by atoms with E-state index in [2.05, 4.69) is 5.32 Å². The van der Waals surface area contributed by atoms with Gasteiger partial charge in [0.25, 0.3) is 0 Å². The molecule has 2 fully saturated rings. The molecule has 10 nitrogen and oxygen atoms in total.